The lowest BCUT2D eigenvalue weighted by Crippen LogP contribution is -2.43. The molecule has 1 aliphatic carbocycles. The molecule has 2 aromatic rings. The molecule has 1 saturated carbocycles. The SMILES string of the molecule is OC1CC(NCc2ccc(-c3ccccc3)s2)C1. The van der Waals surface area contributed by atoms with Crippen molar-refractivity contribution in [3.63, 3.8) is 0 Å². The Hall–Kier alpha value is -1.16. The molecule has 1 fully saturated rings. The molecule has 0 spiro atoms. The van der Waals surface area contributed by atoms with Gasteiger partial charge in [-0.1, -0.05) is 30.3 Å². The minimum atomic E-state index is -0.0780. The van der Waals surface area contributed by atoms with E-state index in [-0.39, 0.29) is 6.10 Å². The molecule has 18 heavy (non-hydrogen) atoms. The van der Waals surface area contributed by atoms with E-state index in [0.717, 1.165) is 19.4 Å². The van der Waals surface area contributed by atoms with Gasteiger partial charge in [-0.25, -0.2) is 0 Å². The molecule has 94 valence electrons. The lowest BCUT2D eigenvalue weighted by atomic mass is 9.89. The molecule has 1 heterocycles. The number of rotatable bonds is 4. The number of nitrogens with one attached hydrogen (secondary N) is 1. The van der Waals surface area contributed by atoms with Crippen LogP contribution in [0.4, 0.5) is 0 Å². The van der Waals surface area contributed by atoms with Crippen molar-refractivity contribution in [1.29, 1.82) is 0 Å². The summed E-state index contributed by atoms with van der Waals surface area (Å²) in [5.74, 6) is 0. The first kappa shape index (κ1) is 11.9. The summed E-state index contributed by atoms with van der Waals surface area (Å²) in [4.78, 5) is 2.68. The minimum Gasteiger partial charge on any atom is -0.393 e. The van der Waals surface area contributed by atoms with Gasteiger partial charge in [0.15, 0.2) is 0 Å². The molecule has 1 aromatic heterocycles. The van der Waals surface area contributed by atoms with Crippen LogP contribution >= 0.6 is 11.3 Å². The second-order valence-corrected chi connectivity index (χ2v) is 6.00. The van der Waals surface area contributed by atoms with Gasteiger partial charge in [0.05, 0.1) is 6.10 Å². The zero-order valence-electron chi connectivity index (χ0n) is 10.2. The number of aliphatic hydroxyl groups excluding tert-OH is 1. The van der Waals surface area contributed by atoms with Crippen molar-refractivity contribution in [2.24, 2.45) is 0 Å². The highest BCUT2D eigenvalue weighted by Crippen LogP contribution is 2.28. The molecule has 2 N–H and O–H groups in total. The molecule has 3 rings (SSSR count). The van der Waals surface area contributed by atoms with Gasteiger partial charge in [-0.3, -0.25) is 0 Å². The van der Waals surface area contributed by atoms with Crippen molar-refractivity contribution in [3.05, 3.63) is 47.3 Å². The predicted octanol–water partition coefficient (Wildman–Crippen LogP) is 3.03. The molecule has 1 aliphatic rings. The van der Waals surface area contributed by atoms with E-state index in [0.29, 0.717) is 6.04 Å². The van der Waals surface area contributed by atoms with E-state index in [2.05, 4.69) is 41.7 Å². The van der Waals surface area contributed by atoms with Crippen molar-refractivity contribution >= 4 is 11.3 Å². The van der Waals surface area contributed by atoms with Gasteiger partial charge in [-0.15, -0.1) is 11.3 Å². The standard InChI is InChI=1S/C15H17NOS/c17-13-8-12(9-13)16-10-14-6-7-15(18-14)11-4-2-1-3-5-11/h1-7,12-13,16-17H,8-10H2. The first-order chi connectivity index (χ1) is 8.81. The third kappa shape index (κ3) is 2.64. The van der Waals surface area contributed by atoms with Crippen molar-refractivity contribution < 1.29 is 5.11 Å². The Labute approximate surface area is 111 Å². The van der Waals surface area contributed by atoms with Gasteiger partial charge in [0, 0.05) is 22.3 Å². The summed E-state index contributed by atoms with van der Waals surface area (Å²) in [5, 5.41) is 12.7. The summed E-state index contributed by atoms with van der Waals surface area (Å²) in [7, 11) is 0. The maximum Gasteiger partial charge on any atom is 0.0570 e. The normalized spacial score (nSPS) is 22.7. The highest BCUT2D eigenvalue weighted by molar-refractivity contribution is 7.15. The Balaban J connectivity index is 1.60. The van der Waals surface area contributed by atoms with Gasteiger partial charge >= 0.3 is 0 Å². The zero-order chi connectivity index (χ0) is 12.4. The summed E-state index contributed by atoms with van der Waals surface area (Å²) >= 11 is 1.84. The number of aliphatic hydroxyl groups is 1. The Kier molecular flexibility index (Phi) is 3.46. The van der Waals surface area contributed by atoms with Crippen LogP contribution in [0.5, 0.6) is 0 Å². The van der Waals surface area contributed by atoms with Crippen LogP contribution < -0.4 is 5.32 Å². The highest BCUT2D eigenvalue weighted by Gasteiger charge is 2.26. The number of hydrogen-bond donors (Lipinski definition) is 2. The molecule has 3 heteroatoms. The Morgan fingerprint density at radius 3 is 2.61 bits per heavy atom. The zero-order valence-corrected chi connectivity index (χ0v) is 11.0. The van der Waals surface area contributed by atoms with Crippen molar-refractivity contribution in [2.75, 3.05) is 0 Å². The molecule has 2 nitrogen and oxygen atoms in total. The van der Waals surface area contributed by atoms with E-state index >= 15 is 0 Å². The van der Waals surface area contributed by atoms with Gasteiger partial charge in [0.2, 0.25) is 0 Å². The first-order valence-corrected chi connectivity index (χ1v) is 7.18. The molecular formula is C15H17NOS. The Bertz CT molecular complexity index is 502. The molecule has 0 amide bonds. The van der Waals surface area contributed by atoms with Gasteiger partial charge in [0.25, 0.3) is 0 Å². The van der Waals surface area contributed by atoms with Crippen LogP contribution in [0.1, 0.15) is 17.7 Å². The van der Waals surface area contributed by atoms with Gasteiger partial charge in [0.1, 0.15) is 0 Å². The molecule has 1 aromatic carbocycles. The molecule has 0 saturated heterocycles. The van der Waals surface area contributed by atoms with E-state index in [1.165, 1.54) is 15.3 Å². The van der Waals surface area contributed by atoms with Crippen molar-refractivity contribution in [2.45, 2.75) is 31.5 Å². The van der Waals surface area contributed by atoms with Crippen LogP contribution in [-0.2, 0) is 6.54 Å². The fourth-order valence-electron chi connectivity index (χ4n) is 2.23. The molecule has 0 aliphatic heterocycles. The maximum atomic E-state index is 9.23. The summed E-state index contributed by atoms with van der Waals surface area (Å²) in [6.45, 7) is 0.912. The molecule has 0 bridgehead atoms. The highest BCUT2D eigenvalue weighted by atomic mass is 32.1. The topological polar surface area (TPSA) is 32.3 Å². The molecule has 0 unspecified atom stereocenters. The van der Waals surface area contributed by atoms with E-state index in [1.54, 1.807) is 0 Å². The number of benzene rings is 1. The van der Waals surface area contributed by atoms with Crippen LogP contribution in [-0.4, -0.2) is 17.3 Å². The van der Waals surface area contributed by atoms with Crippen molar-refractivity contribution in [1.82, 2.24) is 5.32 Å². The largest absolute Gasteiger partial charge is 0.393 e. The summed E-state index contributed by atoms with van der Waals surface area (Å²) < 4.78 is 0. The van der Waals surface area contributed by atoms with E-state index in [9.17, 15) is 5.11 Å². The smallest absolute Gasteiger partial charge is 0.0570 e. The average molecular weight is 259 g/mol. The van der Waals surface area contributed by atoms with E-state index in [1.807, 2.05) is 17.4 Å². The fraction of sp³-hybridized carbons (Fsp3) is 0.333. The lowest BCUT2D eigenvalue weighted by Gasteiger charge is -2.32. The van der Waals surface area contributed by atoms with Gasteiger partial charge in [-0.2, -0.15) is 0 Å². The number of thiophene rings is 1. The summed E-state index contributed by atoms with van der Waals surface area (Å²) in [6.07, 6.45) is 1.72. The van der Waals surface area contributed by atoms with Crippen molar-refractivity contribution in [3.8, 4) is 10.4 Å². The Morgan fingerprint density at radius 2 is 1.89 bits per heavy atom. The third-order valence-electron chi connectivity index (χ3n) is 3.40. The summed E-state index contributed by atoms with van der Waals surface area (Å²) in [6, 6.07) is 15.4. The molecular weight excluding hydrogens is 242 g/mol. The monoisotopic (exact) mass is 259 g/mol. The summed E-state index contributed by atoms with van der Waals surface area (Å²) in [5.41, 5.74) is 1.29. The van der Waals surface area contributed by atoms with Gasteiger partial charge in [-0.05, 0) is 30.5 Å². The Morgan fingerprint density at radius 1 is 1.11 bits per heavy atom. The van der Waals surface area contributed by atoms with Crippen LogP contribution in [0.2, 0.25) is 0 Å². The first-order valence-electron chi connectivity index (χ1n) is 6.37. The van der Waals surface area contributed by atoms with Crippen LogP contribution in [0.15, 0.2) is 42.5 Å². The van der Waals surface area contributed by atoms with E-state index in [4.69, 9.17) is 0 Å². The quantitative estimate of drug-likeness (QED) is 0.884. The van der Waals surface area contributed by atoms with Crippen LogP contribution in [0.25, 0.3) is 10.4 Å². The molecule has 0 radical (unpaired) electrons. The lowest BCUT2D eigenvalue weighted by molar-refractivity contribution is 0.0620. The second kappa shape index (κ2) is 5.22. The third-order valence-corrected chi connectivity index (χ3v) is 4.53. The predicted molar refractivity (Wildman–Crippen MR) is 75.6 cm³/mol. The number of hydrogen-bond acceptors (Lipinski definition) is 3. The van der Waals surface area contributed by atoms with Crippen LogP contribution in [0.3, 0.4) is 0 Å². The second-order valence-electron chi connectivity index (χ2n) is 4.84. The van der Waals surface area contributed by atoms with Crippen LogP contribution in [0, 0.1) is 0 Å². The van der Waals surface area contributed by atoms with Gasteiger partial charge < -0.3 is 10.4 Å². The maximum absolute atomic E-state index is 9.23. The average Bonchev–Trinajstić information content (AvgIpc) is 2.83. The fourth-order valence-corrected chi connectivity index (χ4v) is 3.19. The van der Waals surface area contributed by atoms with E-state index < -0.39 is 0 Å². The minimum absolute atomic E-state index is 0.0780. The molecule has 0 atom stereocenters.